The van der Waals surface area contributed by atoms with Crippen molar-refractivity contribution in [3.05, 3.63) is 34.9 Å². The molecular weight excluding hydrogens is 316 g/mol. The molecule has 2 saturated heterocycles. The van der Waals surface area contributed by atoms with E-state index in [4.69, 9.17) is 0 Å². The summed E-state index contributed by atoms with van der Waals surface area (Å²) in [6.45, 7) is 6.57. The van der Waals surface area contributed by atoms with Crippen LogP contribution in [0.3, 0.4) is 0 Å². The van der Waals surface area contributed by atoms with E-state index in [0.29, 0.717) is 11.9 Å². The number of amides is 1. The number of fused-ring (bicyclic) bond motifs is 1. The van der Waals surface area contributed by atoms with Gasteiger partial charge in [0, 0.05) is 24.6 Å². The number of carbonyl (C=O) groups excluding carboxylic acids is 1. The normalized spacial score (nSPS) is 27.5. The number of hydrogen-bond acceptors (Lipinski definition) is 3. The van der Waals surface area contributed by atoms with Crippen molar-refractivity contribution in [1.29, 1.82) is 0 Å². The van der Waals surface area contributed by atoms with E-state index >= 15 is 0 Å². The minimum absolute atomic E-state index is 0.101. The molecule has 2 aliphatic heterocycles. The van der Waals surface area contributed by atoms with E-state index in [1.54, 1.807) is 0 Å². The molecule has 0 saturated carbocycles. The molecule has 1 aromatic carbocycles. The minimum atomic E-state index is 0.101. The van der Waals surface area contributed by atoms with E-state index in [9.17, 15) is 4.79 Å². The predicted octanol–water partition coefficient (Wildman–Crippen LogP) is 3.06. The number of hydrogen-bond donors (Lipinski definition) is 0. The molecule has 2 fully saturated rings. The number of carbonyl (C=O) groups is 1. The maximum absolute atomic E-state index is 13.4. The topological polar surface area (TPSA) is 23.6 Å². The molecule has 0 bridgehead atoms. The van der Waals surface area contributed by atoms with Crippen molar-refractivity contribution in [1.82, 2.24) is 9.80 Å². The second-order valence-electron chi connectivity index (χ2n) is 7.56. The quantitative estimate of drug-likeness (QED) is 0.842. The summed E-state index contributed by atoms with van der Waals surface area (Å²) < 4.78 is 0. The van der Waals surface area contributed by atoms with Crippen LogP contribution in [-0.4, -0.2) is 59.4 Å². The molecule has 24 heavy (non-hydrogen) atoms. The Morgan fingerprint density at radius 2 is 2.08 bits per heavy atom. The Hall–Kier alpha value is -1.00. The Kier molecular flexibility index (Phi) is 4.86. The van der Waals surface area contributed by atoms with Crippen molar-refractivity contribution in [3.63, 3.8) is 0 Å². The van der Waals surface area contributed by atoms with Crippen LogP contribution in [0.2, 0.25) is 0 Å². The molecule has 3 aliphatic rings. The van der Waals surface area contributed by atoms with Crippen molar-refractivity contribution in [3.8, 4) is 0 Å². The van der Waals surface area contributed by atoms with Crippen LogP contribution in [0.4, 0.5) is 0 Å². The summed E-state index contributed by atoms with van der Waals surface area (Å²) in [5, 5.41) is 0. The van der Waals surface area contributed by atoms with E-state index in [1.165, 1.54) is 42.6 Å². The zero-order valence-corrected chi connectivity index (χ0v) is 15.5. The Morgan fingerprint density at radius 1 is 1.25 bits per heavy atom. The van der Waals surface area contributed by atoms with Crippen LogP contribution in [0.5, 0.6) is 0 Å². The van der Waals surface area contributed by atoms with Gasteiger partial charge >= 0.3 is 0 Å². The molecular formula is C20H28N2OS. The van der Waals surface area contributed by atoms with Gasteiger partial charge in [-0.2, -0.15) is 11.8 Å². The van der Waals surface area contributed by atoms with Crippen molar-refractivity contribution < 1.29 is 4.79 Å². The maximum Gasteiger partial charge on any atom is 0.230 e. The van der Waals surface area contributed by atoms with Gasteiger partial charge in [-0.15, -0.1) is 0 Å². The van der Waals surface area contributed by atoms with Gasteiger partial charge in [0.25, 0.3) is 0 Å². The van der Waals surface area contributed by atoms with Gasteiger partial charge in [-0.05, 0) is 56.8 Å². The van der Waals surface area contributed by atoms with E-state index in [0.717, 1.165) is 37.4 Å². The van der Waals surface area contributed by atoms with Crippen LogP contribution in [0.15, 0.2) is 18.2 Å². The molecule has 0 aromatic heterocycles. The molecule has 1 amide bonds. The van der Waals surface area contributed by atoms with Gasteiger partial charge in [0.2, 0.25) is 5.91 Å². The molecule has 4 heteroatoms. The lowest BCUT2D eigenvalue weighted by atomic mass is 9.97. The van der Waals surface area contributed by atoms with E-state index in [1.807, 2.05) is 11.8 Å². The third-order valence-corrected chi connectivity index (χ3v) is 6.95. The maximum atomic E-state index is 13.4. The highest BCUT2D eigenvalue weighted by Gasteiger charge is 2.36. The Morgan fingerprint density at radius 3 is 2.92 bits per heavy atom. The fourth-order valence-electron chi connectivity index (χ4n) is 4.54. The van der Waals surface area contributed by atoms with Crippen molar-refractivity contribution in [2.75, 3.05) is 37.7 Å². The van der Waals surface area contributed by atoms with Gasteiger partial charge in [0.15, 0.2) is 0 Å². The first kappa shape index (κ1) is 16.5. The summed E-state index contributed by atoms with van der Waals surface area (Å²) >= 11 is 2.02. The molecule has 1 aliphatic carbocycles. The first-order valence-corrected chi connectivity index (χ1v) is 10.6. The molecule has 2 atom stereocenters. The lowest BCUT2D eigenvalue weighted by molar-refractivity contribution is -0.135. The number of nitrogens with zero attached hydrogens (tertiary/aromatic N) is 2. The zero-order valence-electron chi connectivity index (χ0n) is 14.7. The van der Waals surface area contributed by atoms with E-state index in [2.05, 4.69) is 34.9 Å². The van der Waals surface area contributed by atoms with Gasteiger partial charge in [-0.3, -0.25) is 4.79 Å². The van der Waals surface area contributed by atoms with Crippen LogP contribution < -0.4 is 0 Å². The molecule has 0 spiro atoms. The molecule has 2 heterocycles. The van der Waals surface area contributed by atoms with E-state index in [-0.39, 0.29) is 5.92 Å². The number of likely N-dealkylation sites (tertiary alicyclic amines) is 1. The third-order valence-electron chi connectivity index (χ3n) is 5.86. The molecule has 2 unspecified atom stereocenters. The van der Waals surface area contributed by atoms with Crippen LogP contribution in [0.1, 0.15) is 41.9 Å². The first-order valence-electron chi connectivity index (χ1n) is 9.42. The minimum Gasteiger partial charge on any atom is -0.336 e. The second-order valence-corrected chi connectivity index (χ2v) is 8.71. The van der Waals surface area contributed by atoms with Crippen molar-refractivity contribution >= 4 is 17.7 Å². The molecule has 1 aromatic rings. The first-order chi connectivity index (χ1) is 11.7. The highest BCUT2D eigenvalue weighted by atomic mass is 32.2. The molecule has 130 valence electrons. The fraction of sp³-hybridized carbons (Fsp3) is 0.650. The monoisotopic (exact) mass is 344 g/mol. The third kappa shape index (κ3) is 3.23. The van der Waals surface area contributed by atoms with Gasteiger partial charge in [-0.1, -0.05) is 23.8 Å². The number of aryl methyl sites for hydroxylation is 2. The van der Waals surface area contributed by atoms with E-state index < -0.39 is 0 Å². The molecule has 0 N–H and O–H groups in total. The van der Waals surface area contributed by atoms with Crippen molar-refractivity contribution in [2.24, 2.45) is 0 Å². The van der Waals surface area contributed by atoms with Crippen LogP contribution in [0, 0.1) is 6.92 Å². The summed E-state index contributed by atoms with van der Waals surface area (Å²) in [5.41, 5.74) is 3.97. The Labute approximate surface area is 149 Å². The average molecular weight is 345 g/mol. The van der Waals surface area contributed by atoms with Gasteiger partial charge in [-0.25, -0.2) is 0 Å². The molecule has 3 nitrogen and oxygen atoms in total. The van der Waals surface area contributed by atoms with Gasteiger partial charge in [0.05, 0.1) is 12.0 Å². The smallest absolute Gasteiger partial charge is 0.230 e. The summed E-state index contributed by atoms with van der Waals surface area (Å²) in [4.78, 5) is 18.1. The number of benzene rings is 1. The van der Waals surface area contributed by atoms with Crippen molar-refractivity contribution in [2.45, 2.75) is 44.6 Å². The second kappa shape index (κ2) is 7.09. The summed E-state index contributed by atoms with van der Waals surface area (Å²) in [7, 11) is 0. The van der Waals surface area contributed by atoms with Crippen LogP contribution in [0.25, 0.3) is 0 Å². The Bertz CT molecular complexity index is 612. The highest BCUT2D eigenvalue weighted by molar-refractivity contribution is 7.99. The fourth-order valence-corrected chi connectivity index (χ4v) is 5.59. The Balaban J connectivity index is 1.51. The number of thioether (sulfide) groups is 1. The van der Waals surface area contributed by atoms with Gasteiger partial charge < -0.3 is 9.80 Å². The van der Waals surface area contributed by atoms with Crippen LogP contribution in [-0.2, 0) is 11.2 Å². The lowest BCUT2D eigenvalue weighted by Gasteiger charge is -2.39. The summed E-state index contributed by atoms with van der Waals surface area (Å²) in [5.74, 6) is 2.69. The summed E-state index contributed by atoms with van der Waals surface area (Å²) in [6, 6.07) is 7.06. The number of rotatable bonds is 3. The lowest BCUT2D eigenvalue weighted by Crippen LogP contribution is -2.52. The highest BCUT2D eigenvalue weighted by Crippen LogP contribution is 2.36. The molecule has 4 rings (SSSR count). The average Bonchev–Trinajstić information content (AvgIpc) is 3.24. The summed E-state index contributed by atoms with van der Waals surface area (Å²) in [6.07, 6.45) is 4.70. The standard InChI is InChI=1S/C20H28N2OS/c1-15-4-5-16-6-7-18(19(16)12-15)20(23)22-10-11-24-14-17(22)13-21-8-2-3-9-21/h4-5,12,17-18H,2-3,6-11,13-14H2,1H3. The predicted molar refractivity (Wildman–Crippen MR) is 101 cm³/mol. The largest absolute Gasteiger partial charge is 0.336 e. The SMILES string of the molecule is Cc1ccc2c(c1)C(C(=O)N1CCSCC1CN1CCCC1)CC2. The van der Waals surface area contributed by atoms with Gasteiger partial charge in [0.1, 0.15) is 0 Å². The molecule has 0 radical (unpaired) electrons. The zero-order chi connectivity index (χ0) is 16.5. The van der Waals surface area contributed by atoms with Crippen LogP contribution >= 0.6 is 11.8 Å².